The first-order chi connectivity index (χ1) is 5.21. The van der Waals surface area contributed by atoms with Crippen LogP contribution in [0.1, 0.15) is 13.8 Å². The summed E-state index contributed by atoms with van der Waals surface area (Å²) in [6, 6.07) is 0. The van der Waals surface area contributed by atoms with Crippen LogP contribution >= 0.6 is 0 Å². The highest BCUT2D eigenvalue weighted by atomic mass is 16.7. The summed E-state index contributed by atoms with van der Waals surface area (Å²) < 4.78 is 5.07. The van der Waals surface area contributed by atoms with Crippen LogP contribution in [0.3, 0.4) is 0 Å². The molecule has 0 amide bonds. The van der Waals surface area contributed by atoms with E-state index in [0.29, 0.717) is 25.7 Å². The average molecular weight is 159 g/mol. The second-order valence-electron chi connectivity index (χ2n) is 3.36. The van der Waals surface area contributed by atoms with Crippen molar-refractivity contribution < 1.29 is 9.57 Å². The molecule has 0 bridgehead atoms. The summed E-state index contributed by atoms with van der Waals surface area (Å²) in [7, 11) is 0. The maximum Gasteiger partial charge on any atom is 0.155 e. The second-order valence-corrected chi connectivity index (χ2v) is 3.36. The van der Waals surface area contributed by atoms with E-state index in [1.54, 1.807) is 0 Å². The Balaban J connectivity index is 2.40. The Hall–Kier alpha value is -0.640. The van der Waals surface area contributed by atoms with Gasteiger partial charge in [-0.05, 0) is 5.92 Å². The molecule has 1 fully saturated rings. The van der Waals surface area contributed by atoms with Crippen molar-refractivity contribution in [3.8, 4) is 0 Å². The van der Waals surface area contributed by atoms with Crippen molar-refractivity contribution in [1.82, 2.24) is 0 Å². The summed E-state index contributed by atoms with van der Waals surface area (Å²) in [5.74, 6) is 0.470. The largest absolute Gasteiger partial charge is 0.380 e. The zero-order chi connectivity index (χ0) is 8.32. The van der Waals surface area contributed by atoms with Crippen LogP contribution < -0.4 is 0 Å². The van der Waals surface area contributed by atoms with Crippen molar-refractivity contribution in [2.75, 3.05) is 19.8 Å². The Labute approximate surface area is 65.8 Å². The molecule has 1 heterocycles. The van der Waals surface area contributed by atoms with E-state index in [9.17, 15) is 4.91 Å². The van der Waals surface area contributed by atoms with Crippen LogP contribution in [-0.4, -0.2) is 19.8 Å². The van der Waals surface area contributed by atoms with Crippen molar-refractivity contribution in [2.24, 2.45) is 16.7 Å². The molecule has 11 heavy (non-hydrogen) atoms. The van der Waals surface area contributed by atoms with Crippen LogP contribution in [0.2, 0.25) is 0 Å². The molecule has 0 spiro atoms. The standard InChI is InChI=1S/C7H13NO3/c1-6(2)7(3-10-4-7)5-11-8-9/h6H,3-5H2,1-2H3. The Kier molecular flexibility index (Phi) is 2.44. The predicted octanol–water partition coefficient (Wildman–Crippen LogP) is 1.36. The first kappa shape index (κ1) is 8.46. The zero-order valence-corrected chi connectivity index (χ0v) is 6.87. The van der Waals surface area contributed by atoms with Gasteiger partial charge in [0.15, 0.2) is 5.34 Å². The van der Waals surface area contributed by atoms with Gasteiger partial charge in [0.1, 0.15) is 6.61 Å². The summed E-state index contributed by atoms with van der Waals surface area (Å²) in [4.78, 5) is 14.2. The fraction of sp³-hybridized carbons (Fsp3) is 1.00. The molecule has 0 aliphatic carbocycles. The van der Waals surface area contributed by atoms with Gasteiger partial charge in [-0.3, -0.25) is 0 Å². The van der Waals surface area contributed by atoms with Crippen LogP contribution in [0, 0.1) is 16.2 Å². The lowest BCUT2D eigenvalue weighted by Gasteiger charge is -2.43. The molecule has 4 nitrogen and oxygen atoms in total. The molecular formula is C7H13NO3. The van der Waals surface area contributed by atoms with Gasteiger partial charge in [-0.2, -0.15) is 0 Å². The van der Waals surface area contributed by atoms with E-state index < -0.39 is 0 Å². The normalized spacial score (nSPS) is 21.0. The minimum absolute atomic E-state index is 0.0356. The first-order valence-electron chi connectivity index (χ1n) is 3.74. The van der Waals surface area contributed by atoms with E-state index >= 15 is 0 Å². The van der Waals surface area contributed by atoms with E-state index in [-0.39, 0.29) is 5.41 Å². The summed E-state index contributed by atoms with van der Waals surface area (Å²) in [5.41, 5.74) is 0.0356. The molecule has 0 aromatic heterocycles. The van der Waals surface area contributed by atoms with Crippen molar-refractivity contribution in [1.29, 1.82) is 0 Å². The van der Waals surface area contributed by atoms with Gasteiger partial charge in [-0.25, -0.2) is 0 Å². The van der Waals surface area contributed by atoms with Crippen LogP contribution in [0.25, 0.3) is 0 Å². The summed E-state index contributed by atoms with van der Waals surface area (Å²) in [5, 5.41) is 2.38. The van der Waals surface area contributed by atoms with Gasteiger partial charge < -0.3 is 9.57 Å². The second kappa shape index (κ2) is 3.17. The fourth-order valence-electron chi connectivity index (χ4n) is 1.10. The molecule has 1 rings (SSSR count). The average Bonchev–Trinajstić information content (AvgIpc) is 1.85. The summed E-state index contributed by atoms with van der Waals surface area (Å²) in [6.45, 7) is 5.93. The van der Waals surface area contributed by atoms with Gasteiger partial charge >= 0.3 is 0 Å². The SMILES string of the molecule is CC(C)C1(CON=O)COC1. The molecule has 0 saturated carbocycles. The van der Waals surface area contributed by atoms with Crippen LogP contribution in [0.4, 0.5) is 0 Å². The topological polar surface area (TPSA) is 47.9 Å². The van der Waals surface area contributed by atoms with Crippen molar-refractivity contribution >= 4 is 0 Å². The van der Waals surface area contributed by atoms with Gasteiger partial charge in [0.25, 0.3) is 0 Å². The zero-order valence-electron chi connectivity index (χ0n) is 6.87. The smallest absolute Gasteiger partial charge is 0.155 e. The number of hydrogen-bond acceptors (Lipinski definition) is 4. The van der Waals surface area contributed by atoms with Gasteiger partial charge in [0.2, 0.25) is 0 Å². The van der Waals surface area contributed by atoms with Crippen molar-refractivity contribution in [3.05, 3.63) is 4.91 Å². The Bertz CT molecular complexity index is 143. The Morgan fingerprint density at radius 1 is 1.64 bits per heavy atom. The third-order valence-corrected chi connectivity index (χ3v) is 2.41. The van der Waals surface area contributed by atoms with Gasteiger partial charge in [-0.15, -0.1) is 4.91 Å². The number of nitrogens with zero attached hydrogens (tertiary/aromatic N) is 1. The van der Waals surface area contributed by atoms with Gasteiger partial charge in [-0.1, -0.05) is 13.8 Å². The third kappa shape index (κ3) is 1.50. The highest BCUT2D eigenvalue weighted by Crippen LogP contribution is 2.35. The van der Waals surface area contributed by atoms with Gasteiger partial charge in [0, 0.05) is 0 Å². The quantitative estimate of drug-likeness (QED) is 0.459. The molecule has 1 saturated heterocycles. The molecule has 1 aliphatic heterocycles. The monoisotopic (exact) mass is 159 g/mol. The molecule has 1 aliphatic rings. The molecule has 64 valence electrons. The molecule has 0 radical (unpaired) electrons. The highest BCUT2D eigenvalue weighted by molar-refractivity contribution is 4.87. The van der Waals surface area contributed by atoms with Crippen molar-refractivity contribution in [2.45, 2.75) is 13.8 Å². The van der Waals surface area contributed by atoms with E-state index in [1.807, 2.05) is 0 Å². The molecule has 0 aromatic carbocycles. The lowest BCUT2D eigenvalue weighted by Crippen LogP contribution is -2.49. The first-order valence-corrected chi connectivity index (χ1v) is 3.74. The fourth-order valence-corrected chi connectivity index (χ4v) is 1.10. The third-order valence-electron chi connectivity index (χ3n) is 2.41. The molecule has 4 heteroatoms. The van der Waals surface area contributed by atoms with E-state index in [4.69, 9.17) is 4.74 Å². The molecule has 0 aromatic rings. The molecule has 0 atom stereocenters. The lowest BCUT2D eigenvalue weighted by atomic mass is 9.76. The maximum absolute atomic E-state index is 9.70. The minimum Gasteiger partial charge on any atom is -0.380 e. The molecule has 0 unspecified atom stereocenters. The molecule has 0 N–H and O–H groups in total. The number of rotatable bonds is 4. The Morgan fingerprint density at radius 3 is 2.55 bits per heavy atom. The van der Waals surface area contributed by atoms with Gasteiger partial charge in [0.05, 0.1) is 18.6 Å². The van der Waals surface area contributed by atoms with E-state index in [0.717, 1.165) is 0 Å². The minimum atomic E-state index is 0.0356. The predicted molar refractivity (Wildman–Crippen MR) is 39.8 cm³/mol. The summed E-state index contributed by atoms with van der Waals surface area (Å²) >= 11 is 0. The van der Waals surface area contributed by atoms with Crippen LogP contribution in [-0.2, 0) is 9.57 Å². The van der Waals surface area contributed by atoms with Crippen LogP contribution in [0.15, 0.2) is 5.34 Å². The van der Waals surface area contributed by atoms with E-state index in [2.05, 4.69) is 24.0 Å². The number of hydrogen-bond donors (Lipinski definition) is 0. The van der Waals surface area contributed by atoms with E-state index in [1.165, 1.54) is 0 Å². The number of ether oxygens (including phenoxy) is 1. The van der Waals surface area contributed by atoms with Crippen LogP contribution in [0.5, 0.6) is 0 Å². The maximum atomic E-state index is 9.70. The highest BCUT2D eigenvalue weighted by Gasteiger charge is 2.42. The lowest BCUT2D eigenvalue weighted by molar-refractivity contribution is -0.172. The molecular weight excluding hydrogens is 146 g/mol. The Morgan fingerprint density at radius 2 is 2.27 bits per heavy atom. The summed E-state index contributed by atoms with van der Waals surface area (Å²) in [6.07, 6.45) is 0. The van der Waals surface area contributed by atoms with Crippen molar-refractivity contribution in [3.63, 3.8) is 0 Å².